The molecule has 1 heterocycles. The lowest BCUT2D eigenvalue weighted by molar-refractivity contribution is -0.149. The lowest BCUT2D eigenvalue weighted by atomic mass is 9.94. The number of amides is 1. The summed E-state index contributed by atoms with van der Waals surface area (Å²) in [5.41, 5.74) is -1.78. The Bertz CT molecular complexity index is 1600. The molecule has 13 heteroatoms. The highest BCUT2D eigenvalue weighted by atomic mass is 35.5. The average molecular weight is 724 g/mol. The Morgan fingerprint density at radius 1 is 0.980 bits per heavy atom. The number of carboxylic acids is 1. The van der Waals surface area contributed by atoms with Crippen LogP contribution in [-0.4, -0.2) is 60.2 Å². The highest BCUT2D eigenvalue weighted by molar-refractivity contribution is 7.92. The lowest BCUT2D eigenvalue weighted by Gasteiger charge is -2.27. The third kappa shape index (κ3) is 9.56. The van der Waals surface area contributed by atoms with Crippen LogP contribution in [0.1, 0.15) is 102 Å². The molecule has 5 rings (SSSR count). The quantitative estimate of drug-likeness (QED) is 0.180. The number of nitrogens with zero attached hydrogens (tertiary/aromatic N) is 2. The van der Waals surface area contributed by atoms with Gasteiger partial charge in [0.1, 0.15) is 11.6 Å². The summed E-state index contributed by atoms with van der Waals surface area (Å²) in [5.74, 6) is -1.95. The van der Waals surface area contributed by atoms with Crippen molar-refractivity contribution in [2.45, 2.75) is 124 Å². The zero-order valence-corrected chi connectivity index (χ0v) is 29.3. The number of sulfone groups is 1. The first-order valence-corrected chi connectivity index (χ1v) is 19.0. The Balaban J connectivity index is 0.000000284. The second-order valence-corrected chi connectivity index (χ2v) is 16.0. The van der Waals surface area contributed by atoms with Gasteiger partial charge in [0.25, 0.3) is 0 Å². The number of carbonyl (C=O) groups excluding carboxylic acids is 1. The number of aliphatic carboxylic acids is 1. The first kappa shape index (κ1) is 38.7. The van der Waals surface area contributed by atoms with Crippen molar-refractivity contribution in [3.8, 4) is 6.07 Å². The summed E-state index contributed by atoms with van der Waals surface area (Å²) < 4.78 is 66.6. The van der Waals surface area contributed by atoms with Gasteiger partial charge >= 0.3 is 12.1 Å². The van der Waals surface area contributed by atoms with E-state index in [-0.39, 0.29) is 5.54 Å². The number of carbonyl (C=O) groups is 2. The molecule has 2 saturated carbocycles. The average Bonchev–Trinajstić information content (AvgIpc) is 4.00. The van der Waals surface area contributed by atoms with E-state index in [1.165, 1.54) is 57.4 Å². The van der Waals surface area contributed by atoms with Crippen molar-refractivity contribution in [2.75, 3.05) is 13.1 Å². The molecule has 0 radical (unpaired) electrons. The molecule has 3 fully saturated rings. The van der Waals surface area contributed by atoms with Gasteiger partial charge in [0.2, 0.25) is 5.91 Å². The number of likely N-dealkylation sites (tertiary alicyclic amines) is 1. The molecular formula is C36H45ClF3N3O5S. The Labute approximate surface area is 291 Å². The number of hydrogen-bond donors (Lipinski definition) is 2. The van der Waals surface area contributed by atoms with Crippen LogP contribution in [0.25, 0.3) is 0 Å². The van der Waals surface area contributed by atoms with Gasteiger partial charge in [0.05, 0.1) is 27.2 Å². The number of halogens is 4. The van der Waals surface area contributed by atoms with E-state index in [9.17, 15) is 36.3 Å². The van der Waals surface area contributed by atoms with Crippen LogP contribution in [0.5, 0.6) is 0 Å². The van der Waals surface area contributed by atoms with Crippen LogP contribution in [0.15, 0.2) is 53.4 Å². The second kappa shape index (κ2) is 16.3. The van der Waals surface area contributed by atoms with Crippen molar-refractivity contribution in [1.29, 1.82) is 5.26 Å². The maximum Gasteiger partial charge on any atom is 0.417 e. The smallest absolute Gasteiger partial charge is 0.417 e. The Morgan fingerprint density at radius 3 is 2.10 bits per heavy atom. The number of carboxylic acid groups (broad SMARTS) is 1. The summed E-state index contributed by atoms with van der Waals surface area (Å²) in [7, 11) is -4.58. The van der Waals surface area contributed by atoms with E-state index in [1.54, 1.807) is 24.3 Å². The lowest BCUT2D eigenvalue weighted by Crippen LogP contribution is -2.46. The molecule has 2 N–H and O–H groups in total. The van der Waals surface area contributed by atoms with Gasteiger partial charge in [-0.2, -0.15) is 18.4 Å². The Morgan fingerprint density at radius 2 is 1.57 bits per heavy atom. The number of benzene rings is 2. The first-order valence-electron chi connectivity index (χ1n) is 17.1. The van der Waals surface area contributed by atoms with Gasteiger partial charge in [-0.15, -0.1) is 0 Å². The van der Waals surface area contributed by atoms with Crippen molar-refractivity contribution in [1.82, 2.24) is 10.2 Å². The zero-order valence-electron chi connectivity index (χ0n) is 27.8. The van der Waals surface area contributed by atoms with Gasteiger partial charge in [-0.05, 0) is 74.9 Å². The molecule has 0 aromatic heterocycles. The molecule has 1 saturated heterocycles. The highest BCUT2D eigenvalue weighted by Crippen LogP contribution is 2.51. The molecule has 1 amide bonds. The maximum absolute atomic E-state index is 13.4. The van der Waals surface area contributed by atoms with Gasteiger partial charge < -0.3 is 10.0 Å². The Kier molecular flexibility index (Phi) is 12.8. The van der Waals surface area contributed by atoms with Crippen molar-refractivity contribution < 1.29 is 36.3 Å². The molecule has 2 aliphatic carbocycles. The number of hydrogen-bond acceptors (Lipinski definition) is 6. The topological polar surface area (TPSA) is 128 Å². The number of nitrogens with one attached hydrogen (secondary N) is 1. The minimum absolute atomic E-state index is 0.110. The summed E-state index contributed by atoms with van der Waals surface area (Å²) in [6.07, 6.45) is 8.47. The van der Waals surface area contributed by atoms with Crippen LogP contribution in [0.2, 0.25) is 5.02 Å². The molecule has 0 unspecified atom stereocenters. The fourth-order valence-corrected chi connectivity index (χ4v) is 8.48. The highest BCUT2D eigenvalue weighted by Gasteiger charge is 2.57. The first-order chi connectivity index (χ1) is 23.2. The van der Waals surface area contributed by atoms with Crippen LogP contribution in [0, 0.1) is 11.3 Å². The van der Waals surface area contributed by atoms with E-state index < -0.39 is 68.0 Å². The Hall–Kier alpha value is -3.14. The number of alkyl halides is 3. The minimum Gasteiger partial charge on any atom is -0.480 e. The summed E-state index contributed by atoms with van der Waals surface area (Å²) >= 11 is 5.91. The third-order valence-electron chi connectivity index (χ3n) is 9.76. The van der Waals surface area contributed by atoms with E-state index in [1.807, 2.05) is 0 Å². The molecule has 8 nitrogen and oxygen atoms in total. The van der Waals surface area contributed by atoms with Gasteiger partial charge in [-0.1, -0.05) is 87.7 Å². The maximum atomic E-state index is 13.4. The number of unbranched alkanes of at least 4 members (excludes halogenated alkanes) is 7. The van der Waals surface area contributed by atoms with Gasteiger partial charge in [-0.25, -0.2) is 13.2 Å². The minimum atomic E-state index is -4.91. The molecule has 0 bridgehead atoms. The monoisotopic (exact) mass is 723 g/mol. The van der Waals surface area contributed by atoms with Crippen LogP contribution in [0.4, 0.5) is 13.2 Å². The molecule has 2 atom stereocenters. The van der Waals surface area contributed by atoms with E-state index in [0.717, 1.165) is 36.4 Å². The van der Waals surface area contributed by atoms with E-state index in [0.29, 0.717) is 29.5 Å². The number of nitriles is 1. The van der Waals surface area contributed by atoms with Gasteiger partial charge in [0, 0.05) is 11.6 Å². The van der Waals surface area contributed by atoms with E-state index >= 15 is 0 Å². The fraction of sp³-hybridized carbons (Fsp3) is 0.583. The van der Waals surface area contributed by atoms with Gasteiger partial charge in [-0.3, -0.25) is 10.1 Å². The summed E-state index contributed by atoms with van der Waals surface area (Å²) in [6, 6.07) is 11.2. The molecule has 1 aliphatic heterocycles. The normalized spacial score (nSPS) is 20.5. The molecule has 3 aliphatic rings. The fourth-order valence-electron chi connectivity index (χ4n) is 6.44. The van der Waals surface area contributed by atoms with Crippen molar-refractivity contribution in [3.63, 3.8) is 0 Å². The summed E-state index contributed by atoms with van der Waals surface area (Å²) in [6.45, 7) is 2.79. The largest absolute Gasteiger partial charge is 0.480 e. The third-order valence-corrected chi connectivity index (χ3v) is 12.2. The second-order valence-electron chi connectivity index (χ2n) is 13.4. The van der Waals surface area contributed by atoms with Crippen LogP contribution >= 0.6 is 11.6 Å². The summed E-state index contributed by atoms with van der Waals surface area (Å²) in [4.78, 5) is 25.4. The van der Waals surface area contributed by atoms with E-state index in [2.05, 4.69) is 18.3 Å². The molecule has 268 valence electrons. The van der Waals surface area contributed by atoms with Crippen molar-refractivity contribution >= 4 is 33.3 Å². The zero-order chi connectivity index (χ0) is 35.9. The predicted octanol–water partition coefficient (Wildman–Crippen LogP) is 7.69. The molecule has 2 aromatic carbocycles. The summed E-state index contributed by atoms with van der Waals surface area (Å²) in [5, 5.41) is 20.9. The molecular weight excluding hydrogens is 679 g/mol. The van der Waals surface area contributed by atoms with Crippen molar-refractivity contribution in [2.24, 2.45) is 0 Å². The molecule has 49 heavy (non-hydrogen) atoms. The van der Waals surface area contributed by atoms with E-state index in [4.69, 9.17) is 16.9 Å². The van der Waals surface area contributed by atoms with Crippen molar-refractivity contribution in [3.05, 3.63) is 64.7 Å². The molecule has 2 aromatic rings. The number of rotatable bonds is 15. The SMILES string of the molecule is CCCCCCCCCCNC1(C#N)CC1.O=C(O)[C@@H]1C[C@@H](S(=O)(=O)c2ccccc2C(F)(F)F)CN1C(=O)C1(c2ccc(Cl)cc2)CC1. The predicted molar refractivity (Wildman–Crippen MR) is 181 cm³/mol. The van der Waals surface area contributed by atoms with Crippen LogP contribution < -0.4 is 5.32 Å². The standard InChI is InChI=1S/C22H19ClF3NO5S.C14H26N2/c23-14-7-5-13(6-8-14)21(9-10-21)20(30)27-12-15(11-17(27)19(28)29)33(31,32)18-4-2-1-3-16(18)22(24,25)26;1-2-3-4-5-6-7-8-9-12-16-14(13-15)10-11-14/h1-8,15,17H,9-12H2,(H,28,29);16H,2-12H2,1H3/t15-,17+;/m1./s1. The van der Waals surface area contributed by atoms with Gasteiger partial charge in [0.15, 0.2) is 9.84 Å². The van der Waals surface area contributed by atoms with Crippen LogP contribution in [0.3, 0.4) is 0 Å². The molecule has 0 spiro atoms. The van der Waals surface area contributed by atoms with Crippen LogP contribution in [-0.2, 0) is 31.0 Å².